The van der Waals surface area contributed by atoms with Crippen LogP contribution in [0.4, 0.5) is 0 Å². The fourth-order valence-electron chi connectivity index (χ4n) is 3.47. The molecule has 1 saturated heterocycles. The Kier molecular flexibility index (Phi) is 4.97. The molecule has 0 spiro atoms. The van der Waals surface area contributed by atoms with Crippen LogP contribution in [0, 0.1) is 5.92 Å². The minimum Gasteiger partial charge on any atom is -0.316 e. The van der Waals surface area contributed by atoms with Crippen molar-refractivity contribution >= 4 is 0 Å². The number of nitrogens with zero attached hydrogens (tertiary/aromatic N) is 1. The summed E-state index contributed by atoms with van der Waals surface area (Å²) in [4.78, 5) is 2.66. The number of rotatable bonds is 6. The van der Waals surface area contributed by atoms with Crippen LogP contribution in [0.3, 0.4) is 0 Å². The van der Waals surface area contributed by atoms with Gasteiger partial charge < -0.3 is 5.32 Å². The molecule has 21 heavy (non-hydrogen) atoms. The first-order valence-corrected chi connectivity index (χ1v) is 8.76. The van der Waals surface area contributed by atoms with Gasteiger partial charge in [-0.05, 0) is 75.6 Å². The fourth-order valence-corrected chi connectivity index (χ4v) is 3.47. The number of hydrogen-bond donors (Lipinski definition) is 1. The summed E-state index contributed by atoms with van der Waals surface area (Å²) in [6.07, 6.45) is 5.52. The van der Waals surface area contributed by atoms with Gasteiger partial charge in [-0.25, -0.2) is 0 Å². The molecule has 116 valence electrons. The second-order valence-corrected chi connectivity index (χ2v) is 7.25. The molecule has 1 N–H and O–H groups in total. The summed E-state index contributed by atoms with van der Waals surface area (Å²) in [5, 5.41) is 3.55. The van der Waals surface area contributed by atoms with E-state index in [9.17, 15) is 0 Å². The molecule has 2 nitrogen and oxygen atoms in total. The van der Waals surface area contributed by atoms with Crippen LogP contribution in [0.1, 0.15) is 56.6 Å². The second kappa shape index (κ2) is 6.93. The van der Waals surface area contributed by atoms with Gasteiger partial charge in [0, 0.05) is 19.1 Å². The Balaban J connectivity index is 1.62. The Labute approximate surface area is 129 Å². The largest absolute Gasteiger partial charge is 0.316 e. The Morgan fingerprint density at radius 2 is 2.10 bits per heavy atom. The molecule has 1 heterocycles. The first kappa shape index (κ1) is 15.1. The highest BCUT2D eigenvalue weighted by Crippen LogP contribution is 2.40. The predicted molar refractivity (Wildman–Crippen MR) is 89.6 cm³/mol. The summed E-state index contributed by atoms with van der Waals surface area (Å²) in [5.41, 5.74) is 3.06. The monoisotopic (exact) mass is 286 g/mol. The van der Waals surface area contributed by atoms with Crippen LogP contribution in [-0.4, -0.2) is 30.6 Å². The number of piperidine rings is 1. The average Bonchev–Trinajstić information content (AvgIpc) is 3.32. The lowest BCUT2D eigenvalue weighted by molar-refractivity contribution is 0.164. The third-order valence-corrected chi connectivity index (χ3v) is 5.01. The molecule has 1 aromatic carbocycles. The lowest BCUT2D eigenvalue weighted by Crippen LogP contribution is -2.40. The Morgan fingerprint density at radius 1 is 1.24 bits per heavy atom. The summed E-state index contributed by atoms with van der Waals surface area (Å²) in [6, 6.07) is 9.94. The van der Waals surface area contributed by atoms with Gasteiger partial charge in [0.25, 0.3) is 0 Å². The number of nitrogens with one attached hydrogen (secondary N) is 1. The van der Waals surface area contributed by atoms with Crippen molar-refractivity contribution in [3.05, 3.63) is 35.4 Å². The molecular weight excluding hydrogens is 256 g/mol. The maximum Gasteiger partial charge on any atom is 0.0236 e. The van der Waals surface area contributed by atoms with Crippen LogP contribution in [0.2, 0.25) is 0 Å². The lowest BCUT2D eigenvalue weighted by atomic mass is 9.98. The zero-order chi connectivity index (χ0) is 14.7. The average molecular weight is 286 g/mol. The highest BCUT2D eigenvalue weighted by molar-refractivity contribution is 5.29. The lowest BCUT2D eigenvalue weighted by Gasteiger charge is -2.33. The van der Waals surface area contributed by atoms with Gasteiger partial charge in [-0.2, -0.15) is 0 Å². The summed E-state index contributed by atoms with van der Waals surface area (Å²) in [6.45, 7) is 9.42. The van der Waals surface area contributed by atoms with Gasteiger partial charge in [0.2, 0.25) is 0 Å². The Hall–Kier alpha value is -0.860. The number of benzene rings is 1. The molecule has 2 heteroatoms. The number of hydrogen-bond acceptors (Lipinski definition) is 2. The van der Waals surface area contributed by atoms with Crippen molar-refractivity contribution in [2.75, 3.05) is 19.6 Å². The quantitative estimate of drug-likeness (QED) is 0.856. The highest BCUT2D eigenvalue weighted by atomic mass is 15.1. The zero-order valence-electron chi connectivity index (χ0n) is 13.6. The van der Waals surface area contributed by atoms with Crippen LogP contribution in [0.15, 0.2) is 24.3 Å². The van der Waals surface area contributed by atoms with E-state index < -0.39 is 0 Å². The summed E-state index contributed by atoms with van der Waals surface area (Å²) < 4.78 is 0. The molecule has 0 bridgehead atoms. The van der Waals surface area contributed by atoms with Gasteiger partial charge >= 0.3 is 0 Å². The van der Waals surface area contributed by atoms with E-state index in [1.807, 2.05) is 0 Å². The molecule has 1 atom stereocenters. The van der Waals surface area contributed by atoms with E-state index in [4.69, 9.17) is 0 Å². The SMILES string of the molecule is CC(C)N(Cc1cccc(C2CC2)c1)CC1CCCNC1. The minimum atomic E-state index is 0.622. The van der Waals surface area contributed by atoms with Crippen LogP contribution >= 0.6 is 0 Å². The normalized spacial score (nSPS) is 23.0. The van der Waals surface area contributed by atoms with Gasteiger partial charge in [-0.3, -0.25) is 4.90 Å². The molecule has 0 radical (unpaired) electrons. The van der Waals surface area contributed by atoms with Crippen molar-refractivity contribution in [3.8, 4) is 0 Å². The third kappa shape index (κ3) is 4.31. The molecular formula is C19H30N2. The third-order valence-electron chi connectivity index (χ3n) is 5.01. The van der Waals surface area contributed by atoms with Crippen molar-refractivity contribution in [1.29, 1.82) is 0 Å². The van der Waals surface area contributed by atoms with Gasteiger partial charge in [-0.1, -0.05) is 24.3 Å². The van der Waals surface area contributed by atoms with Crippen LogP contribution < -0.4 is 5.32 Å². The maximum absolute atomic E-state index is 3.55. The minimum absolute atomic E-state index is 0.622. The summed E-state index contributed by atoms with van der Waals surface area (Å²) in [7, 11) is 0. The van der Waals surface area contributed by atoms with Crippen molar-refractivity contribution in [1.82, 2.24) is 10.2 Å². The first-order chi connectivity index (χ1) is 10.2. The first-order valence-electron chi connectivity index (χ1n) is 8.76. The van der Waals surface area contributed by atoms with Crippen molar-refractivity contribution < 1.29 is 0 Å². The van der Waals surface area contributed by atoms with Crippen molar-refractivity contribution in [2.24, 2.45) is 5.92 Å². The standard InChI is InChI=1S/C19H30N2/c1-15(2)21(14-17-6-4-10-20-12-17)13-16-5-3-7-19(11-16)18-8-9-18/h3,5,7,11,15,17-18,20H,4,6,8-10,12-14H2,1-2H3. The predicted octanol–water partition coefficient (Wildman–Crippen LogP) is 3.77. The molecule has 1 aromatic rings. The van der Waals surface area contributed by atoms with Gasteiger partial charge in [0.05, 0.1) is 0 Å². The Morgan fingerprint density at radius 3 is 2.76 bits per heavy atom. The van der Waals surface area contributed by atoms with E-state index in [0.717, 1.165) is 18.4 Å². The molecule has 1 aliphatic carbocycles. The highest BCUT2D eigenvalue weighted by Gasteiger charge is 2.24. The van der Waals surface area contributed by atoms with Crippen molar-refractivity contribution in [3.63, 3.8) is 0 Å². The Bertz CT molecular complexity index is 445. The topological polar surface area (TPSA) is 15.3 Å². The zero-order valence-corrected chi connectivity index (χ0v) is 13.6. The fraction of sp³-hybridized carbons (Fsp3) is 0.684. The maximum atomic E-state index is 3.55. The molecule has 1 unspecified atom stereocenters. The van der Waals surface area contributed by atoms with Gasteiger partial charge in [0.15, 0.2) is 0 Å². The van der Waals surface area contributed by atoms with E-state index in [2.05, 4.69) is 48.3 Å². The van der Waals surface area contributed by atoms with Crippen LogP contribution in [-0.2, 0) is 6.54 Å². The molecule has 2 fully saturated rings. The van der Waals surface area contributed by atoms with Crippen LogP contribution in [0.25, 0.3) is 0 Å². The van der Waals surface area contributed by atoms with Crippen LogP contribution in [0.5, 0.6) is 0 Å². The second-order valence-electron chi connectivity index (χ2n) is 7.25. The molecule has 3 rings (SSSR count). The molecule has 0 aromatic heterocycles. The molecule has 0 amide bonds. The molecule has 1 saturated carbocycles. The molecule has 1 aliphatic heterocycles. The summed E-state index contributed by atoms with van der Waals surface area (Å²) in [5.74, 6) is 1.69. The smallest absolute Gasteiger partial charge is 0.0236 e. The van der Waals surface area contributed by atoms with Gasteiger partial charge in [-0.15, -0.1) is 0 Å². The van der Waals surface area contributed by atoms with E-state index in [0.29, 0.717) is 6.04 Å². The van der Waals surface area contributed by atoms with E-state index >= 15 is 0 Å². The van der Waals surface area contributed by atoms with E-state index in [1.54, 1.807) is 5.56 Å². The molecule has 2 aliphatic rings. The van der Waals surface area contributed by atoms with E-state index in [-0.39, 0.29) is 0 Å². The van der Waals surface area contributed by atoms with Crippen molar-refractivity contribution in [2.45, 2.75) is 58.0 Å². The van der Waals surface area contributed by atoms with Gasteiger partial charge in [0.1, 0.15) is 0 Å². The van der Waals surface area contributed by atoms with E-state index in [1.165, 1.54) is 50.9 Å². The summed E-state index contributed by atoms with van der Waals surface area (Å²) >= 11 is 0.